The summed E-state index contributed by atoms with van der Waals surface area (Å²) in [6, 6.07) is 5.52. The molecule has 24 heavy (non-hydrogen) atoms. The quantitative estimate of drug-likeness (QED) is 0.934. The van der Waals surface area contributed by atoms with Gasteiger partial charge in [-0.05, 0) is 57.4 Å². The van der Waals surface area contributed by atoms with E-state index in [0.717, 1.165) is 30.0 Å². The van der Waals surface area contributed by atoms with E-state index in [4.69, 9.17) is 0 Å². The Morgan fingerprint density at radius 3 is 2.96 bits per heavy atom. The molecule has 0 radical (unpaired) electrons. The van der Waals surface area contributed by atoms with Crippen LogP contribution in [0.2, 0.25) is 0 Å². The average molecular weight is 329 g/mol. The SMILES string of the molecule is CC1CCCN(C(C)(C)CNC(=O)c2ccc3c(c2)nnn3C)C1. The predicted octanol–water partition coefficient (Wildman–Crippen LogP) is 2.21. The van der Waals surface area contributed by atoms with Crippen molar-refractivity contribution < 1.29 is 4.79 Å². The molecule has 130 valence electrons. The van der Waals surface area contributed by atoms with E-state index < -0.39 is 0 Å². The predicted molar refractivity (Wildman–Crippen MR) is 94.9 cm³/mol. The van der Waals surface area contributed by atoms with Gasteiger partial charge in [-0.25, -0.2) is 4.68 Å². The number of hydrogen-bond acceptors (Lipinski definition) is 4. The fourth-order valence-corrected chi connectivity index (χ4v) is 3.43. The zero-order chi connectivity index (χ0) is 17.3. The van der Waals surface area contributed by atoms with Crippen molar-refractivity contribution in [3.05, 3.63) is 23.8 Å². The van der Waals surface area contributed by atoms with Gasteiger partial charge < -0.3 is 5.32 Å². The summed E-state index contributed by atoms with van der Waals surface area (Å²) in [5.41, 5.74) is 2.26. The topological polar surface area (TPSA) is 63.1 Å². The van der Waals surface area contributed by atoms with Gasteiger partial charge in [0, 0.05) is 31.2 Å². The van der Waals surface area contributed by atoms with E-state index in [1.54, 1.807) is 10.7 Å². The third kappa shape index (κ3) is 3.43. The summed E-state index contributed by atoms with van der Waals surface area (Å²) in [5.74, 6) is 0.675. The number of fused-ring (bicyclic) bond motifs is 1. The van der Waals surface area contributed by atoms with Crippen LogP contribution in [-0.4, -0.2) is 51.0 Å². The van der Waals surface area contributed by atoms with Crippen molar-refractivity contribution in [3.63, 3.8) is 0 Å². The van der Waals surface area contributed by atoms with Gasteiger partial charge in [0.25, 0.3) is 5.91 Å². The molecule has 0 saturated carbocycles. The second-order valence-corrected chi connectivity index (χ2v) is 7.61. The van der Waals surface area contributed by atoms with Gasteiger partial charge in [0.1, 0.15) is 5.52 Å². The summed E-state index contributed by atoms with van der Waals surface area (Å²) < 4.78 is 1.71. The van der Waals surface area contributed by atoms with E-state index in [-0.39, 0.29) is 11.4 Å². The van der Waals surface area contributed by atoms with Crippen LogP contribution in [0.15, 0.2) is 18.2 Å². The van der Waals surface area contributed by atoms with Crippen molar-refractivity contribution in [1.29, 1.82) is 0 Å². The fourth-order valence-electron chi connectivity index (χ4n) is 3.43. The summed E-state index contributed by atoms with van der Waals surface area (Å²) in [5, 5.41) is 11.1. The monoisotopic (exact) mass is 329 g/mol. The van der Waals surface area contributed by atoms with Gasteiger partial charge in [-0.15, -0.1) is 5.10 Å². The highest BCUT2D eigenvalue weighted by Crippen LogP contribution is 2.23. The van der Waals surface area contributed by atoms with Gasteiger partial charge in [0.15, 0.2) is 0 Å². The van der Waals surface area contributed by atoms with E-state index >= 15 is 0 Å². The highest BCUT2D eigenvalue weighted by atomic mass is 16.1. The molecule has 1 fully saturated rings. The molecule has 1 atom stereocenters. The largest absolute Gasteiger partial charge is 0.350 e. The number of nitrogens with zero attached hydrogens (tertiary/aromatic N) is 4. The van der Waals surface area contributed by atoms with Crippen LogP contribution < -0.4 is 5.32 Å². The lowest BCUT2D eigenvalue weighted by atomic mass is 9.93. The first kappa shape index (κ1) is 16.9. The van der Waals surface area contributed by atoms with Crippen LogP contribution >= 0.6 is 0 Å². The number of hydrogen-bond donors (Lipinski definition) is 1. The van der Waals surface area contributed by atoms with Crippen LogP contribution in [0.4, 0.5) is 0 Å². The van der Waals surface area contributed by atoms with E-state index in [2.05, 4.69) is 41.3 Å². The molecule has 6 nitrogen and oxygen atoms in total. The maximum atomic E-state index is 12.5. The lowest BCUT2D eigenvalue weighted by Gasteiger charge is -2.43. The van der Waals surface area contributed by atoms with E-state index in [1.807, 2.05) is 19.2 Å². The molecular formula is C18H27N5O. The van der Waals surface area contributed by atoms with Gasteiger partial charge in [0.2, 0.25) is 0 Å². The molecule has 1 amide bonds. The highest BCUT2D eigenvalue weighted by molar-refractivity contribution is 5.97. The zero-order valence-electron chi connectivity index (χ0n) is 15.0. The molecule has 2 aromatic rings. The number of aryl methyl sites for hydroxylation is 1. The number of piperidine rings is 1. The number of aromatic nitrogens is 3. The minimum atomic E-state index is -0.0549. The second kappa shape index (κ2) is 6.51. The third-order valence-corrected chi connectivity index (χ3v) is 5.07. The van der Waals surface area contributed by atoms with E-state index in [0.29, 0.717) is 12.1 Å². The zero-order valence-corrected chi connectivity index (χ0v) is 15.0. The highest BCUT2D eigenvalue weighted by Gasteiger charge is 2.30. The molecule has 1 aromatic heterocycles. The lowest BCUT2D eigenvalue weighted by Crippen LogP contribution is -2.54. The summed E-state index contributed by atoms with van der Waals surface area (Å²) >= 11 is 0. The summed E-state index contributed by atoms with van der Waals surface area (Å²) in [4.78, 5) is 15.0. The molecule has 1 aromatic carbocycles. The third-order valence-electron chi connectivity index (χ3n) is 5.07. The first-order chi connectivity index (χ1) is 11.4. The first-order valence-corrected chi connectivity index (χ1v) is 8.69. The van der Waals surface area contributed by atoms with E-state index in [9.17, 15) is 4.79 Å². The summed E-state index contributed by atoms with van der Waals surface area (Å²) in [6.45, 7) is 9.57. The minimum absolute atomic E-state index is 0.0407. The van der Waals surface area contributed by atoms with Crippen molar-refractivity contribution in [2.24, 2.45) is 13.0 Å². The molecule has 0 bridgehead atoms. The maximum Gasteiger partial charge on any atom is 0.251 e. The van der Waals surface area contributed by atoms with Crippen molar-refractivity contribution in [2.75, 3.05) is 19.6 Å². The molecule has 2 heterocycles. The van der Waals surface area contributed by atoms with Gasteiger partial charge in [-0.3, -0.25) is 9.69 Å². The number of carbonyl (C=O) groups excluding carboxylic acids is 1. The van der Waals surface area contributed by atoms with Gasteiger partial charge in [0.05, 0.1) is 5.52 Å². The molecule has 1 aliphatic rings. The van der Waals surface area contributed by atoms with Gasteiger partial charge >= 0.3 is 0 Å². The van der Waals surface area contributed by atoms with Crippen molar-refractivity contribution >= 4 is 16.9 Å². The van der Waals surface area contributed by atoms with Crippen molar-refractivity contribution in [1.82, 2.24) is 25.2 Å². The molecule has 1 aliphatic heterocycles. The van der Waals surface area contributed by atoms with E-state index in [1.165, 1.54) is 12.8 Å². The first-order valence-electron chi connectivity index (χ1n) is 8.69. The Morgan fingerprint density at radius 1 is 1.42 bits per heavy atom. The Bertz CT molecular complexity index is 736. The van der Waals surface area contributed by atoms with Gasteiger partial charge in [-0.2, -0.15) is 0 Å². The van der Waals surface area contributed by atoms with Crippen LogP contribution in [-0.2, 0) is 7.05 Å². The number of nitrogens with one attached hydrogen (secondary N) is 1. The van der Waals surface area contributed by atoms with Crippen molar-refractivity contribution in [3.8, 4) is 0 Å². The van der Waals surface area contributed by atoms with Crippen LogP contribution in [0.5, 0.6) is 0 Å². The Labute approximate surface area is 143 Å². The summed E-state index contributed by atoms with van der Waals surface area (Å²) in [6.07, 6.45) is 2.54. The van der Waals surface area contributed by atoms with Crippen LogP contribution in [0, 0.1) is 5.92 Å². The van der Waals surface area contributed by atoms with Gasteiger partial charge in [-0.1, -0.05) is 12.1 Å². The number of benzene rings is 1. The Morgan fingerprint density at radius 2 is 2.21 bits per heavy atom. The molecule has 0 aliphatic carbocycles. The van der Waals surface area contributed by atoms with Crippen LogP contribution in [0.1, 0.15) is 44.0 Å². The van der Waals surface area contributed by atoms with Crippen LogP contribution in [0.3, 0.4) is 0 Å². The smallest absolute Gasteiger partial charge is 0.251 e. The molecule has 1 saturated heterocycles. The molecule has 1 N–H and O–H groups in total. The number of carbonyl (C=O) groups is 1. The Hall–Kier alpha value is -1.95. The number of amides is 1. The molecule has 1 unspecified atom stereocenters. The Kier molecular flexibility index (Phi) is 4.58. The Balaban J connectivity index is 1.65. The fraction of sp³-hybridized carbons (Fsp3) is 0.611. The molecule has 6 heteroatoms. The van der Waals surface area contributed by atoms with Crippen LogP contribution in [0.25, 0.3) is 11.0 Å². The lowest BCUT2D eigenvalue weighted by molar-refractivity contribution is 0.0657. The number of likely N-dealkylation sites (tertiary alicyclic amines) is 1. The minimum Gasteiger partial charge on any atom is -0.350 e. The number of rotatable bonds is 4. The van der Waals surface area contributed by atoms with Crippen molar-refractivity contribution in [2.45, 2.75) is 39.2 Å². The molecule has 0 spiro atoms. The maximum absolute atomic E-state index is 12.5. The molecular weight excluding hydrogens is 302 g/mol. The normalized spacial score (nSPS) is 19.6. The second-order valence-electron chi connectivity index (χ2n) is 7.61. The molecule has 3 rings (SSSR count). The standard InChI is InChI=1S/C18H27N5O/c1-13-6-5-9-23(11-13)18(2,3)12-19-17(24)14-7-8-16-15(10-14)20-21-22(16)4/h7-8,10,13H,5-6,9,11-12H2,1-4H3,(H,19,24). The average Bonchev–Trinajstić information content (AvgIpc) is 2.93. The summed E-state index contributed by atoms with van der Waals surface area (Å²) in [7, 11) is 1.84.